The van der Waals surface area contributed by atoms with Gasteiger partial charge in [0.05, 0.1) is 31.7 Å². The Morgan fingerprint density at radius 3 is 2.65 bits per heavy atom. The molecule has 0 aliphatic rings. The molecule has 1 aromatic rings. The summed E-state index contributed by atoms with van der Waals surface area (Å²) in [5, 5.41) is 16.2. The molecule has 1 aromatic carbocycles. The molecule has 26 heavy (non-hydrogen) atoms. The van der Waals surface area contributed by atoms with Gasteiger partial charge >= 0.3 is 0 Å². The maximum Gasteiger partial charge on any atom is 0.230 e. The molecule has 1 amide bonds. The van der Waals surface area contributed by atoms with Crippen molar-refractivity contribution in [2.45, 2.75) is 52.0 Å². The number of carboxylic acids is 1. The standard InChI is InChI=1S/C19H29ClN2O4/c1-4-6-7-13(5-2)12-21-16(19(24)25)11-18(23)22-15-10-14(20)8-9-17(15)26-3/h8-10,13,16,21H,4-7,11-12H2,1-3H3,(H,22,23)(H,24,25)/t13-,16+/m0/s1. The predicted octanol–water partition coefficient (Wildman–Crippen LogP) is 1.58. The van der Waals surface area contributed by atoms with Crippen LogP contribution in [0.25, 0.3) is 0 Å². The molecule has 0 aliphatic heterocycles. The van der Waals surface area contributed by atoms with E-state index in [0.29, 0.717) is 28.9 Å². The molecule has 146 valence electrons. The number of nitrogens with one attached hydrogen (secondary N) is 1. The number of carboxylic acid groups (broad SMARTS) is 1. The van der Waals surface area contributed by atoms with Crippen LogP contribution >= 0.6 is 11.6 Å². The second-order valence-electron chi connectivity index (χ2n) is 6.41. The summed E-state index contributed by atoms with van der Waals surface area (Å²) in [5.41, 5.74) is 0.413. The Morgan fingerprint density at radius 1 is 1.35 bits per heavy atom. The SMILES string of the molecule is CCCC[C@H](CC)C[NH2+][C@H](CC(=O)Nc1cc(Cl)ccc1OC)C(=O)[O-]. The molecular weight excluding hydrogens is 356 g/mol. The first kappa shape index (κ1) is 22.3. The molecule has 7 heteroatoms. The Bertz CT molecular complexity index is 595. The number of carbonyl (C=O) groups excluding carboxylic acids is 2. The molecule has 0 fully saturated rings. The van der Waals surface area contributed by atoms with Gasteiger partial charge in [-0.05, 0) is 31.0 Å². The van der Waals surface area contributed by atoms with Gasteiger partial charge in [0, 0.05) is 10.9 Å². The zero-order valence-electron chi connectivity index (χ0n) is 15.7. The molecule has 1 rings (SSSR count). The number of hydrogen-bond donors (Lipinski definition) is 2. The van der Waals surface area contributed by atoms with Crippen molar-refractivity contribution in [3.8, 4) is 5.75 Å². The summed E-state index contributed by atoms with van der Waals surface area (Å²) in [4.78, 5) is 23.7. The zero-order chi connectivity index (χ0) is 19.5. The lowest BCUT2D eigenvalue weighted by Gasteiger charge is -2.20. The van der Waals surface area contributed by atoms with Gasteiger partial charge in [-0.1, -0.05) is 38.3 Å². The van der Waals surface area contributed by atoms with E-state index in [9.17, 15) is 14.7 Å². The van der Waals surface area contributed by atoms with Gasteiger partial charge < -0.3 is 25.3 Å². The summed E-state index contributed by atoms with van der Waals surface area (Å²) >= 11 is 5.94. The number of amides is 1. The molecule has 0 aliphatic carbocycles. The van der Waals surface area contributed by atoms with Crippen molar-refractivity contribution >= 4 is 29.2 Å². The minimum absolute atomic E-state index is 0.178. The van der Waals surface area contributed by atoms with Gasteiger partial charge in [-0.15, -0.1) is 0 Å². The van der Waals surface area contributed by atoms with Crippen LogP contribution in [0.2, 0.25) is 5.02 Å². The molecular formula is C19H29ClN2O4. The normalized spacial score (nSPS) is 13.1. The monoisotopic (exact) mass is 384 g/mol. The lowest BCUT2D eigenvalue weighted by molar-refractivity contribution is -0.687. The van der Waals surface area contributed by atoms with Crippen LogP contribution in [0.3, 0.4) is 0 Å². The minimum atomic E-state index is -1.23. The van der Waals surface area contributed by atoms with Gasteiger partial charge in [0.25, 0.3) is 0 Å². The molecule has 0 heterocycles. The summed E-state index contributed by atoms with van der Waals surface area (Å²) in [6.45, 7) is 4.90. The van der Waals surface area contributed by atoms with E-state index in [1.165, 1.54) is 7.11 Å². The smallest absolute Gasteiger partial charge is 0.230 e. The summed E-state index contributed by atoms with van der Waals surface area (Å²) in [6, 6.07) is 3.93. The van der Waals surface area contributed by atoms with Crippen LogP contribution in [0, 0.1) is 5.92 Å². The van der Waals surface area contributed by atoms with E-state index in [1.807, 2.05) is 0 Å². The lowest BCUT2D eigenvalue weighted by atomic mass is 9.99. The molecule has 0 bridgehead atoms. The highest BCUT2D eigenvalue weighted by atomic mass is 35.5. The van der Waals surface area contributed by atoms with Crippen LogP contribution in [0.1, 0.15) is 46.0 Å². The van der Waals surface area contributed by atoms with Crippen LogP contribution in [0.4, 0.5) is 5.69 Å². The van der Waals surface area contributed by atoms with Gasteiger partial charge in [0.15, 0.2) is 0 Å². The number of benzene rings is 1. The summed E-state index contributed by atoms with van der Waals surface area (Å²) in [7, 11) is 1.48. The van der Waals surface area contributed by atoms with Crippen molar-refractivity contribution in [2.75, 3.05) is 19.0 Å². The average molecular weight is 385 g/mol. The van der Waals surface area contributed by atoms with E-state index >= 15 is 0 Å². The van der Waals surface area contributed by atoms with Gasteiger partial charge in [0.2, 0.25) is 5.91 Å². The summed E-state index contributed by atoms with van der Waals surface area (Å²) in [5.74, 6) is -0.753. The van der Waals surface area contributed by atoms with Gasteiger partial charge in [-0.3, -0.25) is 4.79 Å². The van der Waals surface area contributed by atoms with Gasteiger partial charge in [-0.2, -0.15) is 0 Å². The lowest BCUT2D eigenvalue weighted by Crippen LogP contribution is -2.94. The summed E-state index contributed by atoms with van der Waals surface area (Å²) in [6.07, 6.45) is 4.11. The van der Waals surface area contributed by atoms with Crippen molar-refractivity contribution in [3.63, 3.8) is 0 Å². The number of methoxy groups -OCH3 is 1. The molecule has 0 saturated carbocycles. The van der Waals surface area contributed by atoms with Crippen molar-refractivity contribution in [2.24, 2.45) is 5.92 Å². The molecule has 0 spiro atoms. The Morgan fingerprint density at radius 2 is 2.08 bits per heavy atom. The number of unbranched alkanes of at least 4 members (excludes halogenated alkanes) is 1. The molecule has 2 atom stereocenters. The van der Waals surface area contributed by atoms with E-state index < -0.39 is 17.9 Å². The third-order valence-electron chi connectivity index (χ3n) is 4.44. The number of rotatable bonds is 12. The average Bonchev–Trinajstić information content (AvgIpc) is 2.60. The van der Waals surface area contributed by atoms with Crippen molar-refractivity contribution in [3.05, 3.63) is 23.2 Å². The van der Waals surface area contributed by atoms with E-state index in [1.54, 1.807) is 23.5 Å². The fourth-order valence-electron chi connectivity index (χ4n) is 2.78. The number of halogens is 1. The highest BCUT2D eigenvalue weighted by molar-refractivity contribution is 6.31. The highest BCUT2D eigenvalue weighted by Crippen LogP contribution is 2.27. The number of anilines is 1. The molecule has 0 unspecified atom stereocenters. The minimum Gasteiger partial charge on any atom is -0.544 e. The summed E-state index contributed by atoms with van der Waals surface area (Å²) < 4.78 is 5.17. The van der Waals surface area contributed by atoms with Crippen LogP contribution < -0.4 is 20.5 Å². The second kappa shape index (κ2) is 11.8. The third-order valence-corrected chi connectivity index (χ3v) is 4.68. The highest BCUT2D eigenvalue weighted by Gasteiger charge is 2.21. The number of quaternary nitrogens is 1. The second-order valence-corrected chi connectivity index (χ2v) is 6.85. The van der Waals surface area contributed by atoms with Crippen LogP contribution in [0.15, 0.2) is 18.2 Å². The number of carbonyl (C=O) groups is 2. The van der Waals surface area contributed by atoms with Crippen LogP contribution in [-0.4, -0.2) is 31.6 Å². The third kappa shape index (κ3) is 7.62. The first-order chi connectivity index (χ1) is 12.4. The predicted molar refractivity (Wildman–Crippen MR) is 100 cm³/mol. The van der Waals surface area contributed by atoms with E-state index in [-0.39, 0.29) is 6.42 Å². The Balaban J connectivity index is 2.65. The van der Waals surface area contributed by atoms with E-state index in [2.05, 4.69) is 19.2 Å². The fraction of sp³-hybridized carbons (Fsp3) is 0.579. The Kier molecular flexibility index (Phi) is 10.1. The largest absolute Gasteiger partial charge is 0.544 e. The van der Waals surface area contributed by atoms with Gasteiger partial charge in [-0.25, -0.2) is 0 Å². The van der Waals surface area contributed by atoms with E-state index in [0.717, 1.165) is 25.7 Å². The molecule has 0 radical (unpaired) electrons. The Hall–Kier alpha value is -1.79. The van der Waals surface area contributed by atoms with Crippen molar-refractivity contribution < 1.29 is 24.7 Å². The molecule has 0 saturated heterocycles. The van der Waals surface area contributed by atoms with Crippen LogP contribution in [-0.2, 0) is 9.59 Å². The molecule has 0 aromatic heterocycles. The molecule has 6 nitrogen and oxygen atoms in total. The number of hydrogen-bond acceptors (Lipinski definition) is 4. The number of aliphatic carboxylic acids is 1. The first-order valence-corrected chi connectivity index (χ1v) is 9.46. The van der Waals surface area contributed by atoms with Crippen LogP contribution in [0.5, 0.6) is 5.75 Å². The topological polar surface area (TPSA) is 95.1 Å². The quantitative estimate of drug-likeness (QED) is 0.572. The number of nitrogens with two attached hydrogens (primary N) is 1. The maximum atomic E-state index is 12.3. The number of ether oxygens (including phenoxy) is 1. The maximum absolute atomic E-state index is 12.3. The van der Waals surface area contributed by atoms with Crippen molar-refractivity contribution in [1.82, 2.24) is 0 Å². The first-order valence-electron chi connectivity index (χ1n) is 9.08. The van der Waals surface area contributed by atoms with E-state index in [4.69, 9.17) is 16.3 Å². The van der Waals surface area contributed by atoms with Gasteiger partial charge in [0.1, 0.15) is 11.8 Å². The molecule has 3 N–H and O–H groups in total. The fourth-order valence-corrected chi connectivity index (χ4v) is 2.95. The zero-order valence-corrected chi connectivity index (χ0v) is 16.5. The van der Waals surface area contributed by atoms with Crippen molar-refractivity contribution in [1.29, 1.82) is 0 Å². The Labute approximate surface area is 160 Å².